The Kier molecular flexibility index (Phi) is 11.6. The lowest BCUT2D eigenvalue weighted by atomic mass is 9.92. The van der Waals surface area contributed by atoms with Gasteiger partial charge in [0, 0.05) is 48.6 Å². The Morgan fingerprint density at radius 3 is 2.41 bits per heavy atom. The number of fused-ring (bicyclic) bond motifs is 3. The number of nitrogens with zero attached hydrogens (tertiary/aromatic N) is 6. The van der Waals surface area contributed by atoms with E-state index in [1.807, 2.05) is 4.90 Å². The predicted octanol–water partition coefficient (Wildman–Crippen LogP) is 7.75. The van der Waals surface area contributed by atoms with Crippen LogP contribution >= 0.6 is 11.3 Å². The van der Waals surface area contributed by atoms with E-state index >= 15 is 4.39 Å². The highest BCUT2D eigenvalue weighted by atomic mass is 32.1. The Morgan fingerprint density at radius 1 is 1.07 bits per heavy atom. The van der Waals surface area contributed by atoms with Gasteiger partial charge in [0.05, 0.1) is 36.0 Å². The molecule has 10 nitrogen and oxygen atoms in total. The van der Waals surface area contributed by atoms with Crippen molar-refractivity contribution in [2.75, 3.05) is 64.0 Å². The number of carbonyl (C=O) groups is 1. The van der Waals surface area contributed by atoms with Crippen molar-refractivity contribution >= 4 is 49.2 Å². The molecule has 0 bridgehead atoms. The Balaban J connectivity index is 0.000000189. The Hall–Kier alpha value is -4.63. The molecule has 4 aromatic rings. The molecular weight excluding hydrogens is 742 g/mol. The molecule has 2 aromatic heterocycles. The number of likely N-dealkylation sites (tertiary alicyclic amines) is 2. The van der Waals surface area contributed by atoms with Gasteiger partial charge in [-0.1, -0.05) is 6.07 Å². The maximum absolute atomic E-state index is 15.9. The van der Waals surface area contributed by atoms with Gasteiger partial charge in [0.2, 0.25) is 0 Å². The SMILES string of the molecule is CCNc1nc(OC)nc2c(F)c(-c3ccc(F)c4sc(N)c(C#N)c34)c(C(F)(F)F)cc12.FC1CC2CCCN2C1.O=C(N1CCCC1)N1CC(F)C1. The van der Waals surface area contributed by atoms with Crippen molar-refractivity contribution < 1.29 is 40.3 Å². The summed E-state index contributed by atoms with van der Waals surface area (Å²) in [5.41, 5.74) is 2.59. The maximum atomic E-state index is 15.9. The zero-order chi connectivity index (χ0) is 38.9. The van der Waals surface area contributed by atoms with Crippen molar-refractivity contribution in [3.8, 4) is 23.2 Å². The first-order valence-corrected chi connectivity index (χ1v) is 18.4. The van der Waals surface area contributed by atoms with E-state index in [1.165, 1.54) is 20.0 Å². The number of methoxy groups -OCH3 is 1. The number of amides is 2. The lowest BCUT2D eigenvalue weighted by Gasteiger charge is -2.36. The molecule has 2 aromatic carbocycles. The van der Waals surface area contributed by atoms with Crippen LogP contribution in [0.4, 0.5) is 46.3 Å². The first-order valence-electron chi connectivity index (χ1n) is 17.6. The summed E-state index contributed by atoms with van der Waals surface area (Å²) in [6, 6.07) is 4.78. The minimum Gasteiger partial charge on any atom is -0.467 e. The van der Waals surface area contributed by atoms with E-state index in [1.54, 1.807) is 17.9 Å². The molecule has 3 N–H and O–H groups in total. The number of nitriles is 1. The van der Waals surface area contributed by atoms with E-state index in [2.05, 4.69) is 20.2 Å². The molecule has 0 aliphatic carbocycles. The molecule has 4 saturated heterocycles. The van der Waals surface area contributed by atoms with Gasteiger partial charge in [0.15, 0.2) is 5.82 Å². The molecule has 0 radical (unpaired) electrons. The number of rotatable bonds is 4. The zero-order valence-corrected chi connectivity index (χ0v) is 30.4. The monoisotopic (exact) mass is 780 g/mol. The molecule has 18 heteroatoms. The van der Waals surface area contributed by atoms with Crippen LogP contribution in [-0.4, -0.2) is 102 Å². The number of carbonyl (C=O) groups excluding carboxylic acids is 1. The first-order chi connectivity index (χ1) is 25.7. The first kappa shape index (κ1) is 39.1. The fourth-order valence-corrected chi connectivity index (χ4v) is 8.26. The Labute approximate surface area is 310 Å². The van der Waals surface area contributed by atoms with Gasteiger partial charge >= 0.3 is 18.2 Å². The van der Waals surface area contributed by atoms with Crippen LogP contribution in [0, 0.1) is 23.0 Å². The van der Waals surface area contributed by atoms with E-state index in [0.29, 0.717) is 37.0 Å². The van der Waals surface area contributed by atoms with Crippen LogP contribution in [-0.2, 0) is 6.18 Å². The molecule has 4 fully saturated rings. The number of aromatic nitrogens is 2. The number of urea groups is 1. The average molecular weight is 781 g/mol. The molecule has 54 heavy (non-hydrogen) atoms. The summed E-state index contributed by atoms with van der Waals surface area (Å²) in [6.07, 6.45) is -0.773. The third kappa shape index (κ3) is 7.79. The van der Waals surface area contributed by atoms with Gasteiger partial charge in [-0.05, 0) is 63.3 Å². The van der Waals surface area contributed by atoms with Crippen LogP contribution in [0.3, 0.4) is 0 Å². The van der Waals surface area contributed by atoms with Crippen molar-refractivity contribution in [2.45, 2.75) is 63.6 Å². The van der Waals surface area contributed by atoms with Crippen LogP contribution < -0.4 is 15.8 Å². The number of anilines is 2. The fraction of sp³-hybridized carbons (Fsp3) is 0.500. The lowest BCUT2D eigenvalue weighted by molar-refractivity contribution is -0.137. The Morgan fingerprint density at radius 2 is 1.80 bits per heavy atom. The van der Waals surface area contributed by atoms with Crippen LogP contribution in [0.2, 0.25) is 0 Å². The number of nitrogens with one attached hydrogen (secondary N) is 1. The second-order valence-electron chi connectivity index (χ2n) is 13.5. The molecule has 4 aliphatic heterocycles. The van der Waals surface area contributed by atoms with Gasteiger partial charge in [0.25, 0.3) is 0 Å². The number of halogens is 7. The van der Waals surface area contributed by atoms with Gasteiger partial charge in [-0.3, -0.25) is 4.90 Å². The van der Waals surface area contributed by atoms with Crippen molar-refractivity contribution in [1.82, 2.24) is 24.7 Å². The van der Waals surface area contributed by atoms with Crippen molar-refractivity contribution in [3.05, 3.63) is 41.0 Å². The van der Waals surface area contributed by atoms with Crippen LogP contribution in [0.5, 0.6) is 6.01 Å². The summed E-state index contributed by atoms with van der Waals surface area (Å²) in [5.74, 6) is -2.15. The second kappa shape index (κ2) is 16.0. The summed E-state index contributed by atoms with van der Waals surface area (Å²) in [7, 11) is 1.23. The fourth-order valence-electron chi connectivity index (χ4n) is 7.31. The summed E-state index contributed by atoms with van der Waals surface area (Å²) in [5, 5.41) is 11.8. The molecule has 0 saturated carbocycles. The third-order valence-corrected chi connectivity index (χ3v) is 10.9. The van der Waals surface area contributed by atoms with Gasteiger partial charge < -0.3 is 25.6 Å². The maximum Gasteiger partial charge on any atom is 0.417 e. The van der Waals surface area contributed by atoms with Crippen LogP contribution in [0.15, 0.2) is 18.2 Å². The Bertz CT molecular complexity index is 2050. The van der Waals surface area contributed by atoms with E-state index in [-0.39, 0.29) is 56.0 Å². The number of nitrogens with two attached hydrogens (primary N) is 1. The average Bonchev–Trinajstić information content (AvgIpc) is 3.93. The summed E-state index contributed by atoms with van der Waals surface area (Å²) < 4.78 is 103. The number of alkyl halides is 5. The molecule has 8 rings (SSSR count). The summed E-state index contributed by atoms with van der Waals surface area (Å²) >= 11 is 0.698. The standard InChI is InChI=1S/C21H14F5N5OS.C8H13FN2O.C7H12FN/c1-3-29-19-9-6-11(21(24,25)26)14(15(23)16(9)30-20(31-19)32-2)8-4-5-12(22)17-13(8)10(7-27)18(28)33-17;9-7-5-11(6-7)8(12)10-3-1-2-4-10;8-6-4-7-2-1-3-9(7)5-6/h4-6H,3,28H2,1-2H3,(H,29,30,31);7H,1-6H2;6-7H,1-5H2. The molecule has 0 spiro atoms. The van der Waals surface area contributed by atoms with E-state index < -0.39 is 46.8 Å². The van der Waals surface area contributed by atoms with Crippen molar-refractivity contribution in [2.24, 2.45) is 0 Å². The van der Waals surface area contributed by atoms with Crippen LogP contribution in [0.25, 0.3) is 32.1 Å². The van der Waals surface area contributed by atoms with E-state index in [0.717, 1.165) is 57.1 Å². The molecule has 6 heterocycles. The molecule has 2 unspecified atom stereocenters. The quantitative estimate of drug-likeness (QED) is 0.202. The normalized spacial score (nSPS) is 19.9. The van der Waals surface area contributed by atoms with Crippen molar-refractivity contribution in [3.63, 3.8) is 0 Å². The number of benzene rings is 2. The number of hydrogen-bond donors (Lipinski definition) is 2. The van der Waals surface area contributed by atoms with Crippen molar-refractivity contribution in [1.29, 1.82) is 5.26 Å². The lowest BCUT2D eigenvalue weighted by Crippen LogP contribution is -2.55. The minimum atomic E-state index is -5.00. The van der Waals surface area contributed by atoms with E-state index in [4.69, 9.17) is 10.5 Å². The highest BCUT2D eigenvalue weighted by molar-refractivity contribution is 7.23. The minimum absolute atomic E-state index is 0.0291. The summed E-state index contributed by atoms with van der Waals surface area (Å²) in [4.78, 5) is 25.0. The smallest absolute Gasteiger partial charge is 0.417 e. The second-order valence-corrected chi connectivity index (χ2v) is 14.5. The number of hydrogen-bond acceptors (Lipinski definition) is 9. The van der Waals surface area contributed by atoms with Gasteiger partial charge in [-0.2, -0.15) is 28.4 Å². The summed E-state index contributed by atoms with van der Waals surface area (Å²) in [6.45, 7) is 6.15. The number of ether oxygens (including phenoxy) is 1. The van der Waals surface area contributed by atoms with Gasteiger partial charge in [0.1, 0.15) is 40.6 Å². The van der Waals surface area contributed by atoms with Gasteiger partial charge in [-0.15, -0.1) is 11.3 Å². The highest BCUT2D eigenvalue weighted by Crippen LogP contribution is 2.47. The largest absolute Gasteiger partial charge is 0.467 e. The van der Waals surface area contributed by atoms with E-state index in [9.17, 15) is 36.4 Å². The topological polar surface area (TPSA) is 124 Å². The number of thiophene rings is 1. The predicted molar refractivity (Wildman–Crippen MR) is 192 cm³/mol. The molecule has 2 atom stereocenters. The van der Waals surface area contributed by atoms with Crippen LogP contribution in [0.1, 0.15) is 50.2 Å². The highest BCUT2D eigenvalue weighted by Gasteiger charge is 2.39. The molecule has 290 valence electrons. The molecule has 2 amide bonds. The van der Waals surface area contributed by atoms with Gasteiger partial charge in [-0.25, -0.2) is 22.4 Å². The number of nitrogen functional groups attached to an aromatic ring is 1. The zero-order valence-electron chi connectivity index (χ0n) is 29.6. The molecule has 4 aliphatic rings. The molecular formula is C36H39F7N8O2S. The third-order valence-electron chi connectivity index (χ3n) is 9.89.